The van der Waals surface area contributed by atoms with Crippen molar-refractivity contribution in [3.63, 3.8) is 0 Å². The van der Waals surface area contributed by atoms with Crippen molar-refractivity contribution in [3.05, 3.63) is 35.9 Å². The first kappa shape index (κ1) is 15.5. The van der Waals surface area contributed by atoms with E-state index in [9.17, 15) is 18.0 Å². The number of rotatable bonds is 6. The van der Waals surface area contributed by atoms with Crippen LogP contribution in [0.4, 0.5) is 0 Å². The van der Waals surface area contributed by atoms with Gasteiger partial charge in [0, 0.05) is 13.0 Å². The van der Waals surface area contributed by atoms with Crippen molar-refractivity contribution in [2.75, 3.05) is 13.1 Å². The molecule has 1 aliphatic rings. The molecule has 1 saturated heterocycles. The second kappa shape index (κ2) is 6.68. The van der Waals surface area contributed by atoms with Crippen molar-refractivity contribution in [1.29, 1.82) is 0 Å². The number of benzene rings is 1. The summed E-state index contributed by atoms with van der Waals surface area (Å²) in [4.78, 5) is 22.9. The van der Waals surface area contributed by atoms with E-state index in [4.69, 9.17) is 4.74 Å². The van der Waals surface area contributed by atoms with Crippen LogP contribution >= 0.6 is 0 Å². The SMILES string of the molecule is O=C(CCCN1C(=O)CNS1(=O)=O)OCc1ccccc1. The molecule has 1 N–H and O–H groups in total. The van der Waals surface area contributed by atoms with Crippen molar-refractivity contribution < 1.29 is 22.7 Å². The van der Waals surface area contributed by atoms with Gasteiger partial charge in [-0.2, -0.15) is 13.1 Å². The quantitative estimate of drug-likeness (QED) is 0.757. The van der Waals surface area contributed by atoms with Gasteiger partial charge in [0.25, 0.3) is 5.91 Å². The highest BCUT2D eigenvalue weighted by Crippen LogP contribution is 2.09. The first-order chi connectivity index (χ1) is 9.99. The van der Waals surface area contributed by atoms with Crippen molar-refractivity contribution >= 4 is 22.1 Å². The molecule has 1 aromatic carbocycles. The molecule has 1 fully saturated rings. The fraction of sp³-hybridized carbons (Fsp3) is 0.385. The van der Waals surface area contributed by atoms with Crippen LogP contribution in [0.1, 0.15) is 18.4 Å². The maximum Gasteiger partial charge on any atom is 0.306 e. The lowest BCUT2D eigenvalue weighted by atomic mass is 10.2. The van der Waals surface area contributed by atoms with Gasteiger partial charge >= 0.3 is 16.2 Å². The molecule has 114 valence electrons. The van der Waals surface area contributed by atoms with Crippen molar-refractivity contribution in [2.24, 2.45) is 0 Å². The van der Waals surface area contributed by atoms with Gasteiger partial charge in [-0.15, -0.1) is 0 Å². The Kier molecular flexibility index (Phi) is 4.92. The summed E-state index contributed by atoms with van der Waals surface area (Å²) < 4.78 is 30.8. The third-order valence-corrected chi connectivity index (χ3v) is 4.43. The number of nitrogens with one attached hydrogen (secondary N) is 1. The van der Waals surface area contributed by atoms with Crippen LogP contribution in [0.2, 0.25) is 0 Å². The van der Waals surface area contributed by atoms with Gasteiger partial charge in [0.15, 0.2) is 0 Å². The molecule has 0 radical (unpaired) electrons. The number of esters is 1. The van der Waals surface area contributed by atoms with Crippen LogP contribution in [0.3, 0.4) is 0 Å². The molecule has 21 heavy (non-hydrogen) atoms. The van der Waals surface area contributed by atoms with E-state index in [-0.39, 0.29) is 32.5 Å². The first-order valence-electron chi connectivity index (χ1n) is 6.49. The Morgan fingerprint density at radius 1 is 1.29 bits per heavy atom. The maximum atomic E-state index is 11.5. The monoisotopic (exact) mass is 312 g/mol. The molecule has 1 amide bonds. The molecule has 7 nitrogen and oxygen atoms in total. The van der Waals surface area contributed by atoms with Gasteiger partial charge in [-0.3, -0.25) is 9.59 Å². The van der Waals surface area contributed by atoms with Gasteiger partial charge in [0.2, 0.25) is 0 Å². The van der Waals surface area contributed by atoms with E-state index in [1.54, 1.807) is 0 Å². The number of nitrogens with zero attached hydrogens (tertiary/aromatic N) is 1. The summed E-state index contributed by atoms with van der Waals surface area (Å²) in [5, 5.41) is 0. The predicted octanol–water partition coefficient (Wildman–Crippen LogP) is 0.187. The molecule has 0 spiro atoms. The zero-order chi connectivity index (χ0) is 15.3. The Morgan fingerprint density at radius 3 is 2.62 bits per heavy atom. The van der Waals surface area contributed by atoms with E-state index in [1.165, 1.54) is 0 Å². The third-order valence-electron chi connectivity index (χ3n) is 2.96. The number of ether oxygens (including phenoxy) is 1. The third kappa shape index (κ3) is 4.27. The summed E-state index contributed by atoms with van der Waals surface area (Å²) in [7, 11) is -3.71. The van der Waals surface area contributed by atoms with Crippen LogP contribution < -0.4 is 4.72 Å². The number of hydrogen-bond acceptors (Lipinski definition) is 5. The molecule has 8 heteroatoms. The molecule has 1 heterocycles. The van der Waals surface area contributed by atoms with Crippen molar-refractivity contribution in [3.8, 4) is 0 Å². The molecule has 1 aliphatic heterocycles. The van der Waals surface area contributed by atoms with Gasteiger partial charge in [-0.05, 0) is 12.0 Å². The molecule has 0 unspecified atom stereocenters. The molecule has 0 bridgehead atoms. The lowest BCUT2D eigenvalue weighted by Crippen LogP contribution is -2.33. The van der Waals surface area contributed by atoms with Gasteiger partial charge < -0.3 is 4.74 Å². The molecule has 1 aromatic rings. The second-order valence-electron chi connectivity index (χ2n) is 4.54. The van der Waals surface area contributed by atoms with Crippen LogP contribution in [0.25, 0.3) is 0 Å². The Hall–Kier alpha value is -1.93. The van der Waals surface area contributed by atoms with Gasteiger partial charge in [-0.1, -0.05) is 30.3 Å². The Bertz CT molecular complexity index is 615. The molecule has 0 saturated carbocycles. The smallest absolute Gasteiger partial charge is 0.306 e. The number of carbonyl (C=O) groups excluding carboxylic acids is 2. The number of hydrogen-bond donors (Lipinski definition) is 1. The lowest BCUT2D eigenvalue weighted by Gasteiger charge is -2.13. The normalized spacial score (nSPS) is 17.0. The van der Waals surface area contributed by atoms with Crippen molar-refractivity contribution in [2.45, 2.75) is 19.4 Å². The maximum absolute atomic E-state index is 11.5. The molecule has 0 aromatic heterocycles. The summed E-state index contributed by atoms with van der Waals surface area (Å²) in [6.45, 7) is -0.0580. The van der Waals surface area contributed by atoms with Crippen LogP contribution in [-0.4, -0.2) is 37.7 Å². The highest BCUT2D eigenvalue weighted by atomic mass is 32.2. The van der Waals surface area contributed by atoms with Crippen LogP contribution in [0, 0.1) is 0 Å². The van der Waals surface area contributed by atoms with E-state index < -0.39 is 22.1 Å². The van der Waals surface area contributed by atoms with Crippen LogP contribution in [-0.2, 0) is 31.1 Å². The summed E-state index contributed by atoms with van der Waals surface area (Å²) in [5.74, 6) is -0.927. The highest BCUT2D eigenvalue weighted by molar-refractivity contribution is 7.88. The minimum atomic E-state index is -3.71. The second-order valence-corrected chi connectivity index (χ2v) is 6.22. The fourth-order valence-corrected chi connectivity index (χ4v) is 3.04. The number of amides is 1. The molecule has 2 rings (SSSR count). The van der Waals surface area contributed by atoms with E-state index in [2.05, 4.69) is 4.72 Å². The summed E-state index contributed by atoms with van der Waals surface area (Å²) in [6.07, 6.45) is 0.298. The standard InChI is InChI=1S/C13H16N2O5S/c16-12-9-14-21(18,19)15(12)8-4-7-13(17)20-10-11-5-2-1-3-6-11/h1-3,5-6,14H,4,7-10H2. The zero-order valence-electron chi connectivity index (χ0n) is 11.3. The van der Waals surface area contributed by atoms with Gasteiger partial charge in [0.1, 0.15) is 6.61 Å². The topological polar surface area (TPSA) is 92.8 Å². The highest BCUT2D eigenvalue weighted by Gasteiger charge is 2.33. The van der Waals surface area contributed by atoms with E-state index in [0.29, 0.717) is 0 Å². The summed E-state index contributed by atoms with van der Waals surface area (Å²) in [6, 6.07) is 9.25. The summed E-state index contributed by atoms with van der Waals surface area (Å²) >= 11 is 0. The van der Waals surface area contributed by atoms with Crippen molar-refractivity contribution in [1.82, 2.24) is 9.03 Å². The van der Waals surface area contributed by atoms with E-state index >= 15 is 0 Å². The van der Waals surface area contributed by atoms with Gasteiger partial charge in [-0.25, -0.2) is 4.31 Å². The number of carbonyl (C=O) groups is 2. The average Bonchev–Trinajstić information content (AvgIpc) is 2.73. The Labute approximate surface area is 123 Å². The minimum absolute atomic E-state index is 0.0192. The predicted molar refractivity (Wildman–Crippen MR) is 74.1 cm³/mol. The first-order valence-corrected chi connectivity index (χ1v) is 7.93. The van der Waals surface area contributed by atoms with Crippen LogP contribution in [0.5, 0.6) is 0 Å². The lowest BCUT2D eigenvalue weighted by molar-refractivity contribution is -0.145. The zero-order valence-corrected chi connectivity index (χ0v) is 12.1. The molecule has 0 atom stereocenters. The Morgan fingerprint density at radius 2 is 2.00 bits per heavy atom. The largest absolute Gasteiger partial charge is 0.461 e. The van der Waals surface area contributed by atoms with Crippen LogP contribution in [0.15, 0.2) is 30.3 Å². The van der Waals surface area contributed by atoms with E-state index in [0.717, 1.165) is 9.87 Å². The Balaban J connectivity index is 1.71. The molecular weight excluding hydrogens is 296 g/mol. The van der Waals surface area contributed by atoms with E-state index in [1.807, 2.05) is 30.3 Å². The average molecular weight is 312 g/mol. The fourth-order valence-electron chi connectivity index (χ4n) is 1.88. The summed E-state index contributed by atoms with van der Waals surface area (Å²) in [5.41, 5.74) is 0.882. The van der Waals surface area contributed by atoms with Gasteiger partial charge in [0.05, 0.1) is 6.54 Å². The molecular formula is C13H16N2O5S. The minimum Gasteiger partial charge on any atom is -0.461 e. The molecule has 0 aliphatic carbocycles.